The van der Waals surface area contributed by atoms with E-state index in [4.69, 9.17) is 16.3 Å². The molecule has 1 atom stereocenters. The highest BCUT2D eigenvalue weighted by molar-refractivity contribution is 7.09. The summed E-state index contributed by atoms with van der Waals surface area (Å²) < 4.78 is 19.0. The normalized spacial score (nSPS) is 26.1. The van der Waals surface area contributed by atoms with Gasteiger partial charge in [0.25, 0.3) is 11.8 Å². The van der Waals surface area contributed by atoms with Gasteiger partial charge in [-0.2, -0.15) is 0 Å². The van der Waals surface area contributed by atoms with Gasteiger partial charge in [-0.3, -0.25) is 9.59 Å². The van der Waals surface area contributed by atoms with Gasteiger partial charge in [0.2, 0.25) is 0 Å². The highest BCUT2D eigenvalue weighted by Crippen LogP contribution is 2.50. The smallest absolute Gasteiger partial charge is 0.271 e. The number of rotatable bonds is 8. The molecule has 3 fully saturated rings. The molecule has 2 amide bonds. The minimum atomic E-state index is -0.584. The van der Waals surface area contributed by atoms with Gasteiger partial charge < -0.3 is 15.4 Å². The second-order valence-corrected chi connectivity index (χ2v) is 10.6. The van der Waals surface area contributed by atoms with E-state index in [0.29, 0.717) is 5.69 Å². The molecule has 1 heterocycles. The van der Waals surface area contributed by atoms with Crippen LogP contribution >= 0.6 is 22.9 Å². The number of aromatic nitrogens is 1. The van der Waals surface area contributed by atoms with E-state index < -0.39 is 5.82 Å². The molecule has 178 valence electrons. The van der Waals surface area contributed by atoms with Crippen LogP contribution in [0.25, 0.3) is 0 Å². The topological polar surface area (TPSA) is 80.3 Å². The van der Waals surface area contributed by atoms with Gasteiger partial charge in [-0.25, -0.2) is 9.37 Å². The first kappa shape index (κ1) is 24.0. The van der Waals surface area contributed by atoms with Gasteiger partial charge in [-0.1, -0.05) is 25.4 Å². The molecule has 3 aliphatic carbocycles. The molecule has 9 heteroatoms. The van der Waals surface area contributed by atoms with Crippen molar-refractivity contribution in [2.24, 2.45) is 5.92 Å². The molecule has 6 nitrogen and oxygen atoms in total. The number of carbonyl (C=O) groups excluding carboxylic acids is 2. The van der Waals surface area contributed by atoms with Crippen LogP contribution in [0.3, 0.4) is 0 Å². The molecule has 1 aromatic heterocycles. The van der Waals surface area contributed by atoms with E-state index in [0.717, 1.165) is 50.0 Å². The average Bonchev–Trinajstić information content (AvgIpc) is 3.25. The second kappa shape index (κ2) is 9.58. The molecule has 1 unspecified atom stereocenters. The molecule has 5 rings (SSSR count). The fourth-order valence-corrected chi connectivity index (χ4v) is 6.15. The summed E-state index contributed by atoms with van der Waals surface area (Å²) in [5.41, 5.74) is -0.0703. The molecule has 2 bridgehead atoms. The number of carbonyl (C=O) groups is 2. The van der Waals surface area contributed by atoms with Crippen molar-refractivity contribution in [1.29, 1.82) is 0 Å². The highest BCUT2D eigenvalue weighted by Gasteiger charge is 2.54. The lowest BCUT2D eigenvalue weighted by molar-refractivity contribution is -0.128. The lowest BCUT2D eigenvalue weighted by Gasteiger charge is -2.57. The number of halogens is 2. The maximum atomic E-state index is 13.6. The minimum absolute atomic E-state index is 0.00989. The Balaban J connectivity index is 1.33. The Morgan fingerprint density at radius 2 is 2.03 bits per heavy atom. The van der Waals surface area contributed by atoms with Crippen molar-refractivity contribution < 1.29 is 18.7 Å². The lowest BCUT2D eigenvalue weighted by atomic mass is 9.56. The van der Waals surface area contributed by atoms with Crippen molar-refractivity contribution in [2.75, 3.05) is 6.61 Å². The molecule has 33 heavy (non-hydrogen) atoms. The van der Waals surface area contributed by atoms with Crippen LogP contribution in [0.1, 0.15) is 67.9 Å². The van der Waals surface area contributed by atoms with Gasteiger partial charge in [0, 0.05) is 22.5 Å². The average molecular weight is 494 g/mol. The standard InChI is InChI=1S/C24H29ClFN3O3S/c1-3-4-21-27-19(14-33-21)22(31)29-23-7-9-24(10-8-23,15(2)12-23)28-20(30)13-32-16-5-6-17(25)18(26)11-16/h5-6,11,14-15H,3-4,7-10,12-13H2,1-2H3,(H,28,30)(H,29,31). The van der Waals surface area contributed by atoms with Gasteiger partial charge >= 0.3 is 0 Å². The minimum Gasteiger partial charge on any atom is -0.484 e. The molecule has 2 aromatic rings. The van der Waals surface area contributed by atoms with Gasteiger partial charge in [-0.15, -0.1) is 11.3 Å². The zero-order chi connectivity index (χ0) is 23.6. The SMILES string of the molecule is CCCc1nc(C(=O)NC23CCC(NC(=O)COc4ccc(Cl)c(F)c4)(CC2)C(C)C3)cs1. The monoisotopic (exact) mass is 493 g/mol. The molecule has 3 saturated carbocycles. The number of thiazole rings is 1. The van der Waals surface area contributed by atoms with Crippen molar-refractivity contribution in [3.63, 3.8) is 0 Å². The van der Waals surface area contributed by atoms with E-state index in [1.54, 1.807) is 0 Å². The number of ether oxygens (including phenoxy) is 1. The lowest BCUT2D eigenvalue weighted by Crippen LogP contribution is -2.67. The number of fused-ring (bicyclic) bond motifs is 3. The van der Waals surface area contributed by atoms with Gasteiger partial charge in [0.15, 0.2) is 6.61 Å². The van der Waals surface area contributed by atoms with Crippen molar-refractivity contribution in [3.8, 4) is 5.75 Å². The van der Waals surface area contributed by atoms with Gasteiger partial charge in [0.1, 0.15) is 17.3 Å². The molecule has 0 saturated heterocycles. The number of amides is 2. The summed E-state index contributed by atoms with van der Waals surface area (Å²) >= 11 is 7.22. The molecular formula is C24H29ClFN3O3S. The Morgan fingerprint density at radius 3 is 2.70 bits per heavy atom. The zero-order valence-corrected chi connectivity index (χ0v) is 20.5. The van der Waals surface area contributed by atoms with E-state index in [-0.39, 0.29) is 46.2 Å². The number of nitrogens with one attached hydrogen (secondary N) is 2. The van der Waals surface area contributed by atoms with E-state index in [2.05, 4.69) is 29.5 Å². The molecular weight excluding hydrogens is 465 g/mol. The van der Waals surface area contributed by atoms with E-state index in [1.165, 1.54) is 29.5 Å². The van der Waals surface area contributed by atoms with Crippen molar-refractivity contribution in [1.82, 2.24) is 15.6 Å². The first-order valence-corrected chi connectivity index (χ1v) is 12.7. The van der Waals surface area contributed by atoms with Crippen LogP contribution in [-0.2, 0) is 11.2 Å². The molecule has 2 N–H and O–H groups in total. The van der Waals surface area contributed by atoms with Gasteiger partial charge in [-0.05, 0) is 63.0 Å². The number of benzene rings is 1. The summed E-state index contributed by atoms with van der Waals surface area (Å²) in [6.07, 6.45) is 5.87. The number of hydrogen-bond acceptors (Lipinski definition) is 5. The molecule has 1 aromatic carbocycles. The van der Waals surface area contributed by atoms with Crippen LogP contribution in [0.15, 0.2) is 23.6 Å². The predicted molar refractivity (Wildman–Crippen MR) is 126 cm³/mol. The molecule has 0 spiro atoms. The Hall–Kier alpha value is -2.19. The first-order valence-electron chi connectivity index (χ1n) is 11.4. The second-order valence-electron chi connectivity index (χ2n) is 9.29. The Morgan fingerprint density at radius 1 is 1.27 bits per heavy atom. The number of aryl methyl sites for hydroxylation is 1. The summed E-state index contributed by atoms with van der Waals surface area (Å²) in [4.78, 5) is 30.0. The summed E-state index contributed by atoms with van der Waals surface area (Å²) in [7, 11) is 0. The summed E-state index contributed by atoms with van der Waals surface area (Å²) in [5.74, 6) is -0.470. The Labute approximate surface area is 202 Å². The van der Waals surface area contributed by atoms with Crippen molar-refractivity contribution in [3.05, 3.63) is 45.1 Å². The van der Waals surface area contributed by atoms with Crippen LogP contribution in [0.5, 0.6) is 5.75 Å². The molecule has 0 radical (unpaired) electrons. The van der Waals surface area contributed by atoms with Crippen molar-refractivity contribution >= 4 is 34.8 Å². The van der Waals surface area contributed by atoms with E-state index in [1.807, 2.05) is 5.38 Å². The third-order valence-electron chi connectivity index (χ3n) is 7.02. The highest BCUT2D eigenvalue weighted by atomic mass is 35.5. The largest absolute Gasteiger partial charge is 0.484 e. The van der Waals surface area contributed by atoms with Crippen LogP contribution in [0, 0.1) is 11.7 Å². The Kier molecular flexibility index (Phi) is 6.96. The summed E-state index contributed by atoms with van der Waals surface area (Å²) in [6, 6.07) is 4.10. The fraction of sp³-hybridized carbons (Fsp3) is 0.542. The van der Waals surface area contributed by atoms with Crippen molar-refractivity contribution in [2.45, 2.75) is 69.9 Å². The Bertz CT molecular complexity index is 1040. The molecule has 0 aliphatic heterocycles. The predicted octanol–water partition coefficient (Wildman–Crippen LogP) is 4.90. The quantitative estimate of drug-likeness (QED) is 0.548. The summed E-state index contributed by atoms with van der Waals surface area (Å²) in [5, 5.41) is 9.29. The third kappa shape index (κ3) is 5.17. The van der Waals surface area contributed by atoms with Crippen LogP contribution < -0.4 is 15.4 Å². The van der Waals surface area contributed by atoms with E-state index in [9.17, 15) is 14.0 Å². The van der Waals surface area contributed by atoms with E-state index >= 15 is 0 Å². The van der Waals surface area contributed by atoms with Crippen LogP contribution in [0.2, 0.25) is 5.02 Å². The first-order chi connectivity index (χ1) is 15.7. The number of nitrogens with zero attached hydrogens (tertiary/aromatic N) is 1. The third-order valence-corrected chi connectivity index (χ3v) is 8.23. The summed E-state index contributed by atoms with van der Waals surface area (Å²) in [6.45, 7) is 4.03. The zero-order valence-electron chi connectivity index (χ0n) is 18.9. The van der Waals surface area contributed by atoms with Crippen LogP contribution in [0.4, 0.5) is 4.39 Å². The maximum absolute atomic E-state index is 13.6. The van der Waals surface area contributed by atoms with Gasteiger partial charge in [0.05, 0.1) is 10.0 Å². The molecule has 3 aliphatic rings. The maximum Gasteiger partial charge on any atom is 0.271 e. The number of hydrogen-bond donors (Lipinski definition) is 2. The fourth-order valence-electron chi connectivity index (χ4n) is 5.16. The van der Waals surface area contributed by atoms with Crippen LogP contribution in [-0.4, -0.2) is 34.5 Å².